The molecule has 142 valence electrons. The zero-order chi connectivity index (χ0) is 19.4. The van der Waals surface area contributed by atoms with Crippen LogP contribution in [0.4, 0.5) is 11.4 Å². The molecule has 0 saturated carbocycles. The van der Waals surface area contributed by atoms with Gasteiger partial charge in [0, 0.05) is 42.6 Å². The molecule has 0 radical (unpaired) electrons. The van der Waals surface area contributed by atoms with Gasteiger partial charge < -0.3 is 14.4 Å². The van der Waals surface area contributed by atoms with Crippen molar-refractivity contribution >= 4 is 33.2 Å². The second kappa shape index (κ2) is 8.13. The van der Waals surface area contributed by atoms with Crippen molar-refractivity contribution in [2.24, 2.45) is 0 Å². The van der Waals surface area contributed by atoms with Crippen LogP contribution in [0, 0.1) is 0 Å². The summed E-state index contributed by atoms with van der Waals surface area (Å²) in [5, 5.41) is 0.958. The summed E-state index contributed by atoms with van der Waals surface area (Å²) in [5.74, 6) is 1.28. The minimum absolute atomic E-state index is 0.545. The van der Waals surface area contributed by atoms with Crippen molar-refractivity contribution in [3.8, 4) is 11.5 Å². The van der Waals surface area contributed by atoms with Gasteiger partial charge in [-0.1, -0.05) is 12.1 Å². The highest BCUT2D eigenvalue weighted by molar-refractivity contribution is 7.73. The minimum Gasteiger partial charge on any atom is -0.493 e. The molecule has 0 bridgehead atoms. The van der Waals surface area contributed by atoms with Gasteiger partial charge in [0.05, 0.1) is 19.7 Å². The maximum absolute atomic E-state index is 10.7. The van der Waals surface area contributed by atoms with Crippen LogP contribution in [0.15, 0.2) is 48.7 Å². The third-order valence-corrected chi connectivity index (χ3v) is 4.67. The zero-order valence-corrected chi connectivity index (χ0v) is 16.2. The second-order valence-electron chi connectivity index (χ2n) is 5.98. The number of hydrogen-bond acceptors (Lipinski definition) is 6. The minimum atomic E-state index is -2.66. The van der Waals surface area contributed by atoms with Crippen molar-refractivity contribution in [2.75, 3.05) is 30.9 Å². The topological polar surface area (TPSA) is 80.8 Å². The number of methoxy groups -OCH3 is 2. The number of pyridine rings is 1. The first-order valence-electron chi connectivity index (χ1n) is 8.23. The van der Waals surface area contributed by atoms with Gasteiger partial charge in [-0.2, -0.15) is 0 Å². The van der Waals surface area contributed by atoms with E-state index < -0.39 is 10.9 Å². The lowest BCUT2D eigenvalue weighted by molar-refractivity contribution is 0.356. The molecule has 3 rings (SSSR count). The summed E-state index contributed by atoms with van der Waals surface area (Å²) in [4.78, 5) is 6.53. The Morgan fingerprint density at radius 3 is 2.33 bits per heavy atom. The van der Waals surface area contributed by atoms with E-state index in [2.05, 4.69) is 14.6 Å². The summed E-state index contributed by atoms with van der Waals surface area (Å²) in [7, 11) is 2.54. The van der Waals surface area contributed by atoms with Gasteiger partial charge in [0.2, 0.25) is 10.9 Å². The predicted molar refractivity (Wildman–Crippen MR) is 107 cm³/mol. The molecule has 0 spiro atoms. The average Bonchev–Trinajstić information content (AvgIpc) is 2.67. The third kappa shape index (κ3) is 4.22. The van der Waals surface area contributed by atoms with Gasteiger partial charge >= 0.3 is 0 Å². The molecule has 0 aliphatic heterocycles. The SMILES string of the molecule is COc1cc2nccc(N(C)Cc3ccc(N[SH](=O)=O)cc3)c2cc1OC. The van der Waals surface area contributed by atoms with Crippen molar-refractivity contribution < 1.29 is 17.9 Å². The Balaban J connectivity index is 1.90. The number of nitrogens with one attached hydrogen (secondary N) is 1. The van der Waals surface area contributed by atoms with Crippen molar-refractivity contribution in [2.45, 2.75) is 6.54 Å². The fourth-order valence-corrected chi connectivity index (χ4v) is 3.30. The Labute approximate surface area is 159 Å². The van der Waals surface area contributed by atoms with E-state index in [-0.39, 0.29) is 0 Å². The number of thiol groups is 1. The smallest absolute Gasteiger partial charge is 0.222 e. The van der Waals surface area contributed by atoms with E-state index >= 15 is 0 Å². The molecule has 0 fully saturated rings. The molecule has 7 nitrogen and oxygen atoms in total. The normalized spacial score (nSPS) is 10.8. The highest BCUT2D eigenvalue weighted by Gasteiger charge is 2.12. The van der Waals surface area contributed by atoms with Crippen LogP contribution in [0.3, 0.4) is 0 Å². The van der Waals surface area contributed by atoms with Gasteiger partial charge in [-0.25, -0.2) is 8.42 Å². The molecular formula is C19H21N3O4S. The quantitative estimate of drug-likeness (QED) is 0.607. The number of fused-ring (bicyclic) bond motifs is 1. The molecule has 0 amide bonds. The third-order valence-electron chi connectivity index (χ3n) is 4.23. The number of hydrogen-bond donors (Lipinski definition) is 2. The maximum Gasteiger partial charge on any atom is 0.222 e. The van der Waals surface area contributed by atoms with Crippen LogP contribution in [0.5, 0.6) is 11.5 Å². The van der Waals surface area contributed by atoms with Crippen LogP contribution < -0.4 is 19.1 Å². The Bertz CT molecular complexity index is 1010. The lowest BCUT2D eigenvalue weighted by atomic mass is 10.1. The van der Waals surface area contributed by atoms with E-state index in [0.29, 0.717) is 23.7 Å². The monoisotopic (exact) mass is 387 g/mol. The summed E-state index contributed by atoms with van der Waals surface area (Å²) >= 11 is 0. The number of anilines is 2. The molecule has 2 aromatic carbocycles. The Morgan fingerprint density at radius 1 is 1.04 bits per heavy atom. The molecule has 0 unspecified atom stereocenters. The van der Waals surface area contributed by atoms with Gasteiger partial charge in [0.25, 0.3) is 0 Å². The predicted octanol–water partition coefficient (Wildman–Crippen LogP) is 2.83. The highest BCUT2D eigenvalue weighted by Crippen LogP contribution is 2.35. The van der Waals surface area contributed by atoms with Crippen LogP contribution in [0.1, 0.15) is 5.56 Å². The molecule has 1 N–H and O–H groups in total. The van der Waals surface area contributed by atoms with Crippen LogP contribution >= 0.6 is 0 Å². The summed E-state index contributed by atoms with van der Waals surface area (Å²) in [5.41, 5.74) is 3.42. The first kappa shape index (κ1) is 18.8. The molecule has 8 heteroatoms. The van der Waals surface area contributed by atoms with E-state index in [1.807, 2.05) is 37.4 Å². The van der Waals surface area contributed by atoms with Crippen molar-refractivity contribution in [3.63, 3.8) is 0 Å². The molecule has 27 heavy (non-hydrogen) atoms. The molecule has 1 heterocycles. The molecule has 0 saturated heterocycles. The van der Waals surface area contributed by atoms with Crippen molar-refractivity contribution in [3.05, 3.63) is 54.2 Å². The van der Waals surface area contributed by atoms with Crippen LogP contribution in [-0.4, -0.2) is 34.7 Å². The van der Waals surface area contributed by atoms with Crippen molar-refractivity contribution in [1.82, 2.24) is 4.98 Å². The summed E-state index contributed by atoms with van der Waals surface area (Å²) < 4.78 is 34.6. The molecule has 0 aliphatic carbocycles. The zero-order valence-electron chi connectivity index (χ0n) is 15.3. The van der Waals surface area contributed by atoms with E-state index in [1.54, 1.807) is 32.5 Å². The Morgan fingerprint density at radius 2 is 1.70 bits per heavy atom. The highest BCUT2D eigenvalue weighted by atomic mass is 32.2. The molecule has 0 atom stereocenters. The number of nitrogens with zero attached hydrogens (tertiary/aromatic N) is 2. The number of aromatic nitrogens is 1. The van der Waals surface area contributed by atoms with Crippen LogP contribution in [-0.2, 0) is 17.4 Å². The van der Waals surface area contributed by atoms with Gasteiger partial charge in [-0.3, -0.25) is 9.71 Å². The first-order valence-corrected chi connectivity index (χ1v) is 9.41. The van der Waals surface area contributed by atoms with Gasteiger partial charge in [-0.15, -0.1) is 0 Å². The maximum atomic E-state index is 10.7. The van der Waals surface area contributed by atoms with Gasteiger partial charge in [0.1, 0.15) is 0 Å². The lowest BCUT2D eigenvalue weighted by Crippen LogP contribution is -2.16. The largest absolute Gasteiger partial charge is 0.493 e. The van der Waals surface area contributed by atoms with Gasteiger partial charge in [0.15, 0.2) is 11.5 Å². The summed E-state index contributed by atoms with van der Waals surface area (Å²) in [6.07, 6.45) is 1.76. The lowest BCUT2D eigenvalue weighted by Gasteiger charge is -2.22. The summed E-state index contributed by atoms with van der Waals surface area (Å²) in [6, 6.07) is 13.0. The molecule has 1 aromatic heterocycles. The number of ether oxygens (including phenoxy) is 2. The van der Waals surface area contributed by atoms with Crippen molar-refractivity contribution in [1.29, 1.82) is 0 Å². The summed E-state index contributed by atoms with van der Waals surface area (Å²) in [6.45, 7) is 0.650. The Hall–Kier alpha value is -3.00. The fourth-order valence-electron chi connectivity index (χ4n) is 2.94. The Kier molecular flexibility index (Phi) is 5.66. The fraction of sp³-hybridized carbons (Fsp3) is 0.211. The van der Waals surface area contributed by atoms with E-state index in [4.69, 9.17) is 9.47 Å². The van der Waals surface area contributed by atoms with Crippen LogP contribution in [0.2, 0.25) is 0 Å². The molecular weight excluding hydrogens is 366 g/mol. The standard InChI is InChI=1S/C19H21N3O4S/c1-22(12-13-4-6-14(7-5-13)21-27(23)24)17-8-9-20-16-11-19(26-3)18(25-2)10-15(16)17/h4-11,27H,12H2,1-3H3,(H,21,23,24). The number of benzene rings is 2. The van der Waals surface area contributed by atoms with Gasteiger partial charge in [-0.05, 0) is 29.8 Å². The molecule has 3 aromatic rings. The van der Waals surface area contributed by atoms with E-state index in [0.717, 1.165) is 22.2 Å². The van der Waals surface area contributed by atoms with Crippen LogP contribution in [0.25, 0.3) is 10.9 Å². The van der Waals surface area contributed by atoms with E-state index in [9.17, 15) is 8.42 Å². The first-order chi connectivity index (χ1) is 13.0. The molecule has 0 aliphatic rings. The number of rotatable bonds is 7. The average molecular weight is 387 g/mol. The second-order valence-corrected chi connectivity index (χ2v) is 6.71. The van der Waals surface area contributed by atoms with E-state index in [1.165, 1.54) is 0 Å².